The predicted molar refractivity (Wildman–Crippen MR) is 78.5 cm³/mol. The summed E-state index contributed by atoms with van der Waals surface area (Å²) in [6.07, 6.45) is 0.756. The number of nitrogens with two attached hydrogens (primary N) is 1. The fourth-order valence-electron chi connectivity index (χ4n) is 1.80. The van der Waals surface area contributed by atoms with Gasteiger partial charge >= 0.3 is 0 Å². The van der Waals surface area contributed by atoms with Gasteiger partial charge in [0.05, 0.1) is 5.01 Å². The summed E-state index contributed by atoms with van der Waals surface area (Å²) in [5, 5.41) is 5.95. The lowest BCUT2D eigenvalue weighted by Crippen LogP contribution is -2.26. The number of anilines is 1. The highest BCUT2D eigenvalue weighted by molar-refractivity contribution is 7.09. The van der Waals surface area contributed by atoms with Crippen molar-refractivity contribution in [2.45, 2.75) is 20.3 Å². The lowest BCUT2D eigenvalue weighted by molar-refractivity contribution is 0.0953. The van der Waals surface area contributed by atoms with Gasteiger partial charge in [0.15, 0.2) is 0 Å². The molecule has 4 nitrogen and oxygen atoms in total. The fourth-order valence-corrected chi connectivity index (χ4v) is 2.57. The Hall–Kier alpha value is -1.88. The molecule has 100 valence electrons. The molecule has 1 amide bonds. The van der Waals surface area contributed by atoms with Crippen LogP contribution in [0.1, 0.15) is 26.6 Å². The number of carbonyl (C=O) groups is 1. The van der Waals surface area contributed by atoms with E-state index in [4.69, 9.17) is 5.73 Å². The Morgan fingerprint density at radius 1 is 1.42 bits per heavy atom. The van der Waals surface area contributed by atoms with E-state index in [1.807, 2.05) is 19.2 Å². The molecule has 1 heterocycles. The number of benzene rings is 1. The van der Waals surface area contributed by atoms with E-state index in [2.05, 4.69) is 10.3 Å². The first-order valence-corrected chi connectivity index (χ1v) is 7.00. The van der Waals surface area contributed by atoms with Gasteiger partial charge in [-0.2, -0.15) is 0 Å². The summed E-state index contributed by atoms with van der Waals surface area (Å²) in [6, 6.07) is 5.38. The van der Waals surface area contributed by atoms with E-state index in [0.29, 0.717) is 17.8 Å². The molecule has 1 aromatic carbocycles. The van der Waals surface area contributed by atoms with Crippen LogP contribution in [0, 0.1) is 13.8 Å². The second kappa shape index (κ2) is 5.84. The van der Waals surface area contributed by atoms with Crippen molar-refractivity contribution in [3.63, 3.8) is 0 Å². The fraction of sp³-hybridized carbons (Fsp3) is 0.286. The first kappa shape index (κ1) is 13.5. The van der Waals surface area contributed by atoms with E-state index < -0.39 is 0 Å². The van der Waals surface area contributed by atoms with Crippen molar-refractivity contribution in [1.82, 2.24) is 10.3 Å². The second-order valence-corrected chi connectivity index (χ2v) is 5.35. The number of nitrogens with one attached hydrogen (secondary N) is 1. The van der Waals surface area contributed by atoms with Crippen molar-refractivity contribution < 1.29 is 4.79 Å². The molecule has 5 heteroatoms. The third kappa shape index (κ3) is 3.32. The van der Waals surface area contributed by atoms with Crippen LogP contribution in [0.2, 0.25) is 0 Å². The highest BCUT2D eigenvalue weighted by atomic mass is 32.1. The van der Waals surface area contributed by atoms with E-state index in [0.717, 1.165) is 22.7 Å². The zero-order valence-corrected chi connectivity index (χ0v) is 11.9. The Bertz CT molecular complexity index is 592. The van der Waals surface area contributed by atoms with Crippen LogP contribution >= 0.6 is 11.3 Å². The number of rotatable bonds is 4. The summed E-state index contributed by atoms with van der Waals surface area (Å²) < 4.78 is 0. The maximum Gasteiger partial charge on any atom is 0.251 e. The van der Waals surface area contributed by atoms with Gasteiger partial charge in [-0.1, -0.05) is 6.07 Å². The molecule has 0 unspecified atom stereocenters. The molecule has 0 radical (unpaired) electrons. The average Bonchev–Trinajstić information content (AvgIpc) is 2.78. The molecule has 0 saturated carbocycles. The molecule has 0 aliphatic carbocycles. The Kier molecular flexibility index (Phi) is 4.16. The van der Waals surface area contributed by atoms with Gasteiger partial charge in [-0.25, -0.2) is 4.98 Å². The summed E-state index contributed by atoms with van der Waals surface area (Å²) in [6.45, 7) is 4.41. The molecule has 2 aromatic rings. The van der Waals surface area contributed by atoms with Crippen molar-refractivity contribution in [1.29, 1.82) is 0 Å². The first-order valence-electron chi connectivity index (χ1n) is 6.12. The molecule has 0 saturated heterocycles. The maximum atomic E-state index is 12.0. The zero-order chi connectivity index (χ0) is 13.8. The van der Waals surface area contributed by atoms with Crippen molar-refractivity contribution in [3.05, 3.63) is 45.4 Å². The minimum atomic E-state index is -0.0851. The number of nitrogens with zero attached hydrogens (tertiary/aromatic N) is 1. The topological polar surface area (TPSA) is 68.0 Å². The number of aryl methyl sites for hydroxylation is 1. The third-order valence-electron chi connectivity index (χ3n) is 2.91. The molecular formula is C14H17N3OS. The van der Waals surface area contributed by atoms with E-state index in [1.165, 1.54) is 0 Å². The minimum Gasteiger partial charge on any atom is -0.398 e. The van der Waals surface area contributed by atoms with Gasteiger partial charge in [0.2, 0.25) is 0 Å². The van der Waals surface area contributed by atoms with Crippen LogP contribution < -0.4 is 11.1 Å². The van der Waals surface area contributed by atoms with E-state index in [1.54, 1.807) is 29.5 Å². The summed E-state index contributed by atoms with van der Waals surface area (Å²) in [7, 11) is 0. The number of aromatic nitrogens is 1. The van der Waals surface area contributed by atoms with E-state index in [-0.39, 0.29) is 5.91 Å². The molecule has 0 fully saturated rings. The van der Waals surface area contributed by atoms with Gasteiger partial charge in [-0.05, 0) is 31.5 Å². The minimum absolute atomic E-state index is 0.0851. The predicted octanol–water partition coefficient (Wildman–Crippen LogP) is 2.31. The Morgan fingerprint density at radius 3 is 2.89 bits per heavy atom. The highest BCUT2D eigenvalue weighted by Gasteiger charge is 2.10. The second-order valence-electron chi connectivity index (χ2n) is 4.41. The van der Waals surface area contributed by atoms with Crippen LogP contribution in [-0.4, -0.2) is 17.4 Å². The molecular weight excluding hydrogens is 258 g/mol. The molecule has 0 atom stereocenters. The van der Waals surface area contributed by atoms with Crippen molar-refractivity contribution in [2.75, 3.05) is 12.3 Å². The summed E-state index contributed by atoms with van der Waals surface area (Å²) >= 11 is 1.62. The highest BCUT2D eigenvalue weighted by Crippen LogP contribution is 2.15. The zero-order valence-electron chi connectivity index (χ0n) is 11.1. The molecule has 0 bridgehead atoms. The van der Waals surface area contributed by atoms with Crippen LogP contribution in [0.4, 0.5) is 5.69 Å². The van der Waals surface area contributed by atoms with Crippen molar-refractivity contribution in [2.24, 2.45) is 0 Å². The Balaban J connectivity index is 1.93. The van der Waals surface area contributed by atoms with E-state index in [9.17, 15) is 4.79 Å². The van der Waals surface area contributed by atoms with Crippen molar-refractivity contribution >= 4 is 22.9 Å². The van der Waals surface area contributed by atoms with Crippen LogP contribution in [0.25, 0.3) is 0 Å². The number of carbonyl (C=O) groups excluding carboxylic acids is 1. The van der Waals surface area contributed by atoms with Gasteiger partial charge in [0.1, 0.15) is 0 Å². The smallest absolute Gasteiger partial charge is 0.251 e. The lowest BCUT2D eigenvalue weighted by atomic mass is 10.1. The van der Waals surface area contributed by atoms with Crippen LogP contribution in [0.5, 0.6) is 0 Å². The quantitative estimate of drug-likeness (QED) is 0.841. The largest absolute Gasteiger partial charge is 0.398 e. The van der Waals surface area contributed by atoms with Crippen LogP contribution in [-0.2, 0) is 6.42 Å². The van der Waals surface area contributed by atoms with Gasteiger partial charge in [0, 0.05) is 35.3 Å². The average molecular weight is 275 g/mol. The molecule has 1 aromatic heterocycles. The molecule has 0 aliphatic rings. The van der Waals surface area contributed by atoms with Gasteiger partial charge in [-0.15, -0.1) is 11.3 Å². The lowest BCUT2D eigenvalue weighted by Gasteiger charge is -2.08. The Morgan fingerprint density at radius 2 is 2.21 bits per heavy atom. The number of amides is 1. The summed E-state index contributed by atoms with van der Waals surface area (Å²) in [5.41, 5.74) is 8.92. The molecule has 2 rings (SSSR count). The number of nitrogen functional groups attached to an aromatic ring is 1. The maximum absolute atomic E-state index is 12.0. The van der Waals surface area contributed by atoms with Crippen LogP contribution in [0.15, 0.2) is 23.6 Å². The SMILES string of the molecule is Cc1csc(CCNC(=O)c2cccc(N)c2C)n1. The van der Waals surface area contributed by atoms with Crippen LogP contribution in [0.3, 0.4) is 0 Å². The molecule has 0 spiro atoms. The molecule has 19 heavy (non-hydrogen) atoms. The Labute approximate surface area is 116 Å². The number of thiazole rings is 1. The normalized spacial score (nSPS) is 10.4. The summed E-state index contributed by atoms with van der Waals surface area (Å²) in [4.78, 5) is 16.4. The van der Waals surface area contributed by atoms with Gasteiger partial charge in [-0.3, -0.25) is 4.79 Å². The van der Waals surface area contributed by atoms with E-state index >= 15 is 0 Å². The van der Waals surface area contributed by atoms with Gasteiger partial charge in [0.25, 0.3) is 5.91 Å². The number of hydrogen-bond donors (Lipinski definition) is 2. The van der Waals surface area contributed by atoms with Gasteiger partial charge < -0.3 is 11.1 Å². The van der Waals surface area contributed by atoms with Crippen molar-refractivity contribution in [3.8, 4) is 0 Å². The standard InChI is InChI=1S/C14H17N3OS/c1-9-8-19-13(17-9)6-7-16-14(18)11-4-3-5-12(15)10(11)2/h3-5,8H,6-7,15H2,1-2H3,(H,16,18). The third-order valence-corrected chi connectivity index (χ3v) is 3.94. The molecule has 0 aliphatic heterocycles. The number of hydrogen-bond acceptors (Lipinski definition) is 4. The monoisotopic (exact) mass is 275 g/mol. The molecule has 3 N–H and O–H groups in total. The summed E-state index contributed by atoms with van der Waals surface area (Å²) in [5.74, 6) is -0.0851. The first-order chi connectivity index (χ1) is 9.08.